The van der Waals surface area contributed by atoms with Crippen molar-refractivity contribution >= 4 is 23.6 Å². The maximum atomic E-state index is 13.6. The Morgan fingerprint density at radius 3 is 2.11 bits per heavy atom. The maximum Gasteiger partial charge on any atom is 0.330 e. The Balaban J connectivity index is 1.23. The van der Waals surface area contributed by atoms with E-state index in [1.54, 1.807) is 24.3 Å². The van der Waals surface area contributed by atoms with Crippen molar-refractivity contribution in [2.75, 3.05) is 13.7 Å². The molecule has 1 saturated heterocycles. The Morgan fingerprint density at radius 2 is 1.53 bits per heavy atom. The lowest BCUT2D eigenvalue weighted by Gasteiger charge is -2.37. The number of methoxy groups -OCH3 is 1. The van der Waals surface area contributed by atoms with Crippen LogP contribution in [0.4, 0.5) is 0 Å². The number of ketones is 1. The smallest absolute Gasteiger partial charge is 0.330 e. The second-order valence-electron chi connectivity index (χ2n) is 10.2. The molecule has 7 atom stereocenters. The Morgan fingerprint density at radius 1 is 0.917 bits per heavy atom. The van der Waals surface area contributed by atoms with Gasteiger partial charge in [0.15, 0.2) is 12.4 Å². The number of ether oxygens (including phenoxy) is 2. The van der Waals surface area contributed by atoms with E-state index >= 15 is 0 Å². The Hall–Kier alpha value is -3.74. The van der Waals surface area contributed by atoms with Crippen molar-refractivity contribution in [3.63, 3.8) is 0 Å². The molecule has 0 radical (unpaired) electrons. The van der Waals surface area contributed by atoms with Crippen LogP contribution in [0, 0.1) is 35.5 Å². The molecule has 2 saturated carbocycles. The molecule has 1 aliphatic heterocycles. The van der Waals surface area contributed by atoms with Crippen molar-refractivity contribution in [1.82, 2.24) is 4.90 Å². The van der Waals surface area contributed by atoms with Gasteiger partial charge in [-0.25, -0.2) is 4.79 Å². The molecular weight excluding hydrogens is 458 g/mol. The molecule has 2 aromatic carbocycles. The lowest BCUT2D eigenvalue weighted by molar-refractivity contribution is -0.158. The minimum Gasteiger partial charge on any atom is -0.497 e. The summed E-state index contributed by atoms with van der Waals surface area (Å²) in [6.45, 7) is -0.476. The summed E-state index contributed by atoms with van der Waals surface area (Å²) in [7, 11) is 1.53. The van der Waals surface area contributed by atoms with E-state index in [-0.39, 0.29) is 35.9 Å². The van der Waals surface area contributed by atoms with E-state index < -0.39 is 30.5 Å². The highest BCUT2D eigenvalue weighted by molar-refractivity contribution is 6.09. The fourth-order valence-corrected chi connectivity index (χ4v) is 6.50. The molecule has 7 nitrogen and oxygen atoms in total. The van der Waals surface area contributed by atoms with Crippen molar-refractivity contribution in [1.29, 1.82) is 0 Å². The first-order chi connectivity index (χ1) is 17.5. The number of likely N-dealkylation sites (tertiary alicyclic amines) is 1. The third-order valence-electron chi connectivity index (χ3n) is 8.31. The predicted octanol–water partition coefficient (Wildman–Crippen LogP) is 3.09. The fraction of sp³-hybridized carbons (Fsp3) is 0.379. The highest BCUT2D eigenvalue weighted by Crippen LogP contribution is 2.65. The summed E-state index contributed by atoms with van der Waals surface area (Å²) in [5.74, 6) is -0.798. The fourth-order valence-electron chi connectivity index (χ4n) is 6.50. The van der Waals surface area contributed by atoms with Crippen molar-refractivity contribution < 1.29 is 28.7 Å². The minimum absolute atomic E-state index is 0.0662. The number of rotatable bonds is 8. The monoisotopic (exact) mass is 485 g/mol. The maximum absolute atomic E-state index is 13.6. The van der Waals surface area contributed by atoms with Crippen LogP contribution in [0.3, 0.4) is 0 Å². The van der Waals surface area contributed by atoms with Crippen LogP contribution in [0.1, 0.15) is 22.3 Å². The van der Waals surface area contributed by atoms with Crippen LogP contribution in [0.15, 0.2) is 66.7 Å². The third-order valence-corrected chi connectivity index (χ3v) is 8.31. The SMILES string of the molecule is COc1ccc(C(=O)COC(=O)[C@H](Cc2ccccc2)N2C(=O)[C@H]3[C@@H]4C=C[C@H]([C@H]5C[C@H]45)[C@@H]3C2=O)cc1. The normalized spacial score (nSPS) is 30.0. The number of benzene rings is 2. The molecule has 4 aliphatic carbocycles. The van der Waals surface area contributed by atoms with Crippen LogP contribution < -0.4 is 4.74 Å². The first kappa shape index (κ1) is 22.7. The molecule has 2 aromatic rings. The summed E-state index contributed by atoms with van der Waals surface area (Å²) in [6.07, 6.45) is 5.42. The largest absolute Gasteiger partial charge is 0.497 e. The molecule has 184 valence electrons. The van der Waals surface area contributed by atoms with Crippen LogP contribution in [0.25, 0.3) is 0 Å². The van der Waals surface area contributed by atoms with Crippen molar-refractivity contribution in [2.45, 2.75) is 18.9 Å². The molecule has 7 heteroatoms. The second-order valence-corrected chi connectivity index (χ2v) is 10.2. The second kappa shape index (κ2) is 8.73. The molecular formula is C29H27NO6. The van der Waals surface area contributed by atoms with E-state index in [2.05, 4.69) is 12.2 Å². The van der Waals surface area contributed by atoms with Crippen molar-refractivity contribution in [3.8, 4) is 5.75 Å². The van der Waals surface area contributed by atoms with Gasteiger partial charge >= 0.3 is 5.97 Å². The third kappa shape index (κ3) is 3.65. The Labute approximate surface area is 209 Å². The molecule has 0 unspecified atom stereocenters. The van der Waals surface area contributed by atoms with E-state index in [1.165, 1.54) is 7.11 Å². The molecule has 5 aliphatic rings. The van der Waals surface area contributed by atoms with E-state index in [0.29, 0.717) is 23.1 Å². The molecule has 7 rings (SSSR count). The Kier molecular flexibility index (Phi) is 5.51. The summed E-state index contributed by atoms with van der Waals surface area (Å²) in [5.41, 5.74) is 1.18. The first-order valence-electron chi connectivity index (χ1n) is 12.4. The van der Waals surface area contributed by atoms with E-state index in [1.807, 2.05) is 30.3 Å². The lowest BCUT2D eigenvalue weighted by atomic mass is 9.63. The highest BCUT2D eigenvalue weighted by Gasteiger charge is 2.68. The zero-order valence-electron chi connectivity index (χ0n) is 19.9. The average Bonchev–Trinajstić information content (AvgIpc) is 3.70. The van der Waals surface area contributed by atoms with Crippen LogP contribution in [-0.2, 0) is 25.5 Å². The molecule has 2 amide bonds. The minimum atomic E-state index is -1.11. The summed E-state index contributed by atoms with van der Waals surface area (Å²) < 4.78 is 10.5. The molecule has 0 N–H and O–H groups in total. The molecule has 36 heavy (non-hydrogen) atoms. The number of esters is 1. The molecule has 0 aromatic heterocycles. The van der Waals surface area contributed by atoms with Crippen molar-refractivity contribution in [3.05, 3.63) is 77.9 Å². The number of Topliss-reactive ketones (excluding diaryl/α,β-unsaturated/α-hetero) is 1. The summed E-state index contributed by atoms with van der Waals surface area (Å²) in [4.78, 5) is 54.5. The standard InChI is InChI=1S/C29H27NO6/c1-35-18-9-7-17(8-10-18)24(31)15-36-29(34)23(13-16-5-3-2-4-6-16)30-27(32)25-19-11-12-20(22-14-21(19)22)26(25)28(30)33/h2-12,19-23,25-26H,13-15H2,1H3/t19-,20-,21-,22-,23+,25+,26+/m1/s1. The number of imide groups is 1. The summed E-state index contributed by atoms with van der Waals surface area (Å²) in [5, 5.41) is 0. The zero-order chi connectivity index (χ0) is 25.0. The number of hydrogen-bond acceptors (Lipinski definition) is 6. The number of carbonyl (C=O) groups is 4. The number of hydrogen-bond donors (Lipinski definition) is 0. The number of carbonyl (C=O) groups excluding carboxylic acids is 4. The van der Waals surface area contributed by atoms with Gasteiger partial charge in [0.2, 0.25) is 11.8 Å². The summed E-state index contributed by atoms with van der Waals surface area (Å²) >= 11 is 0. The predicted molar refractivity (Wildman–Crippen MR) is 129 cm³/mol. The average molecular weight is 486 g/mol. The number of nitrogens with zero attached hydrogens (tertiary/aromatic N) is 1. The quantitative estimate of drug-likeness (QED) is 0.247. The first-order valence-corrected chi connectivity index (χ1v) is 12.4. The molecule has 0 spiro atoms. The van der Waals surface area contributed by atoms with Gasteiger partial charge in [0.1, 0.15) is 11.8 Å². The van der Waals surface area contributed by atoms with Gasteiger partial charge in [0.05, 0.1) is 18.9 Å². The molecule has 1 heterocycles. The van der Waals surface area contributed by atoms with Crippen LogP contribution >= 0.6 is 0 Å². The van der Waals surface area contributed by atoms with Crippen molar-refractivity contribution in [2.24, 2.45) is 35.5 Å². The van der Waals surface area contributed by atoms with Gasteiger partial charge in [-0.2, -0.15) is 0 Å². The van der Waals surface area contributed by atoms with E-state index in [4.69, 9.17) is 9.47 Å². The Bertz CT molecular complexity index is 1220. The topological polar surface area (TPSA) is 90.0 Å². The zero-order valence-corrected chi connectivity index (χ0v) is 19.9. The highest BCUT2D eigenvalue weighted by atomic mass is 16.5. The lowest BCUT2D eigenvalue weighted by Crippen LogP contribution is -2.48. The van der Waals surface area contributed by atoms with Gasteiger partial charge in [-0.3, -0.25) is 19.3 Å². The van der Waals surface area contributed by atoms with E-state index in [9.17, 15) is 19.2 Å². The van der Waals surface area contributed by atoms with Gasteiger partial charge in [-0.05, 0) is 59.9 Å². The van der Waals surface area contributed by atoms with Gasteiger partial charge in [-0.15, -0.1) is 0 Å². The van der Waals surface area contributed by atoms with Gasteiger partial charge in [0.25, 0.3) is 0 Å². The molecule has 2 bridgehead atoms. The van der Waals surface area contributed by atoms with Crippen LogP contribution in [0.2, 0.25) is 0 Å². The van der Waals surface area contributed by atoms with Gasteiger partial charge in [0, 0.05) is 12.0 Å². The summed E-state index contributed by atoms with van der Waals surface area (Å²) in [6, 6.07) is 14.6. The van der Waals surface area contributed by atoms with Crippen LogP contribution in [0.5, 0.6) is 5.75 Å². The molecule has 3 fully saturated rings. The van der Waals surface area contributed by atoms with Gasteiger partial charge < -0.3 is 9.47 Å². The van der Waals surface area contributed by atoms with E-state index in [0.717, 1.165) is 16.9 Å². The number of allylic oxidation sites excluding steroid dienone is 2. The van der Waals surface area contributed by atoms with Gasteiger partial charge in [-0.1, -0.05) is 42.5 Å². The van der Waals surface area contributed by atoms with Crippen LogP contribution in [-0.4, -0.2) is 48.2 Å². The number of amides is 2.